The molecule has 1 aromatic heterocycles. The van der Waals surface area contributed by atoms with E-state index < -0.39 is 29.3 Å². The van der Waals surface area contributed by atoms with Gasteiger partial charge >= 0.3 is 18.3 Å². The number of aliphatic carboxylic acids is 1. The molecule has 0 bridgehead atoms. The highest BCUT2D eigenvalue weighted by molar-refractivity contribution is 7.80. The summed E-state index contributed by atoms with van der Waals surface area (Å²) in [6.45, 7) is 1.07. The van der Waals surface area contributed by atoms with Crippen molar-refractivity contribution < 1.29 is 51.3 Å². The molecule has 0 radical (unpaired) electrons. The highest BCUT2D eigenvalue weighted by Gasteiger charge is 2.38. The largest absolute Gasteiger partial charge is 0.490 e. The minimum absolute atomic E-state index is 0. The first-order valence-corrected chi connectivity index (χ1v) is 16.7. The van der Waals surface area contributed by atoms with Gasteiger partial charge in [-0.2, -0.15) is 26.3 Å². The molecule has 1 saturated carbocycles. The Kier molecular flexibility index (Phi) is 13.4. The Bertz CT molecular complexity index is 1920. The molecule has 0 spiro atoms. The Balaban J connectivity index is 0.000000715. The van der Waals surface area contributed by atoms with Crippen LogP contribution in [0.3, 0.4) is 0 Å². The molecule has 0 saturated heterocycles. The van der Waals surface area contributed by atoms with Crippen molar-refractivity contribution in [2.75, 3.05) is 13.1 Å². The summed E-state index contributed by atoms with van der Waals surface area (Å²) in [5, 5.41) is 9.60. The van der Waals surface area contributed by atoms with E-state index in [4.69, 9.17) is 32.3 Å². The van der Waals surface area contributed by atoms with Gasteiger partial charge in [0.25, 0.3) is 5.56 Å². The lowest BCUT2D eigenvalue weighted by Crippen LogP contribution is -2.46. The lowest BCUT2D eigenvalue weighted by molar-refractivity contribution is -0.192. The highest BCUT2D eigenvalue weighted by Crippen LogP contribution is 2.38. The Morgan fingerprint density at radius 2 is 1.53 bits per heavy atom. The van der Waals surface area contributed by atoms with Crippen molar-refractivity contribution in [1.29, 1.82) is 0 Å². The first-order valence-electron chi connectivity index (χ1n) is 16.2. The van der Waals surface area contributed by atoms with Gasteiger partial charge in [0.15, 0.2) is 0 Å². The van der Waals surface area contributed by atoms with Crippen molar-refractivity contribution in [2.24, 2.45) is 0 Å². The number of carbonyl (C=O) groups excluding carboxylic acids is 1. The van der Waals surface area contributed by atoms with Gasteiger partial charge in [-0.05, 0) is 60.4 Å². The molecule has 284 valence electrons. The molecule has 1 aliphatic heterocycles. The molecule has 1 unspecified atom stereocenters. The van der Waals surface area contributed by atoms with Crippen molar-refractivity contribution in [1.82, 2.24) is 19.8 Å². The van der Waals surface area contributed by atoms with Crippen LogP contribution in [-0.4, -0.2) is 56.2 Å². The lowest BCUT2D eigenvalue weighted by atomic mass is 9.84. The maximum atomic E-state index is 13.9. The number of hydrogen-bond donors (Lipinski definition) is 3. The van der Waals surface area contributed by atoms with Gasteiger partial charge in [-0.15, -0.1) is 12.6 Å². The predicted octanol–water partition coefficient (Wildman–Crippen LogP) is 6.01. The quantitative estimate of drug-likeness (QED) is 0.140. The summed E-state index contributed by atoms with van der Waals surface area (Å²) in [6.07, 6.45) is -5.81. The Labute approximate surface area is 305 Å². The molecule has 3 aromatic carbocycles. The molecule has 6 rings (SSSR count). The van der Waals surface area contributed by atoms with E-state index in [-0.39, 0.29) is 36.0 Å². The predicted molar refractivity (Wildman–Crippen MR) is 185 cm³/mol. The number of amides is 1. The molecule has 10 nitrogen and oxygen atoms in total. The van der Waals surface area contributed by atoms with E-state index in [0.29, 0.717) is 36.4 Å². The molecule has 4 aromatic rings. The summed E-state index contributed by atoms with van der Waals surface area (Å²) in [7, 11) is 0. The first kappa shape index (κ1) is 40.9. The van der Waals surface area contributed by atoms with Crippen LogP contribution >= 0.6 is 12.6 Å². The minimum atomic E-state index is -5.08. The number of alkyl halides is 6. The highest BCUT2D eigenvalue weighted by atomic mass is 32.1. The number of benzene rings is 3. The molecular weight excluding hydrogens is 730 g/mol. The number of hydrogen-bond acceptors (Lipinski definition) is 7. The standard InChI is InChI=1S/C34H33F3N4O3S.C2HF3O2.H2O/c35-34(36,37)25-13-9-23(10-14-25)21-44-27-15-11-22(12-16-27)19-38-20-29(42)40-18-17-28-30(33(40)45)32(43)41(26-7-2-1-3-8-26)31(39-28)24-5-4-6-24;3-2(4,5)1(6)7;/h1-3,7-16,24,33,38,45H,4-6,17-21H2;(H,6,7);1H2. The van der Waals surface area contributed by atoms with E-state index in [1.165, 1.54) is 12.1 Å². The monoisotopic (exact) mass is 766 g/mol. The summed E-state index contributed by atoms with van der Waals surface area (Å²) in [6, 6.07) is 21.6. The van der Waals surface area contributed by atoms with Crippen LogP contribution in [0.4, 0.5) is 26.3 Å². The second-order valence-electron chi connectivity index (χ2n) is 12.2. The zero-order valence-corrected chi connectivity index (χ0v) is 28.8. The zero-order valence-electron chi connectivity index (χ0n) is 28.0. The number of aromatic nitrogens is 2. The van der Waals surface area contributed by atoms with Crippen LogP contribution in [0.15, 0.2) is 83.7 Å². The summed E-state index contributed by atoms with van der Waals surface area (Å²) >= 11 is 4.75. The SMILES string of the molecule is O.O=C(CNCc1ccc(OCc2ccc(C(F)(F)F)cc2)cc1)N1CCc2nc(C3CCC3)n(-c3ccccc3)c(=O)c2C1S.O=C(O)C(F)(F)F. The number of rotatable bonds is 9. The first-order chi connectivity index (χ1) is 24.6. The zero-order chi connectivity index (χ0) is 37.6. The van der Waals surface area contributed by atoms with Gasteiger partial charge in [-0.3, -0.25) is 14.2 Å². The van der Waals surface area contributed by atoms with Crippen LogP contribution in [0.1, 0.15) is 64.3 Å². The normalized spacial score (nSPS) is 15.6. The Morgan fingerprint density at radius 1 is 0.925 bits per heavy atom. The summed E-state index contributed by atoms with van der Waals surface area (Å²) in [5.74, 6) is -1.28. The van der Waals surface area contributed by atoms with Crippen LogP contribution in [0.5, 0.6) is 5.75 Å². The van der Waals surface area contributed by atoms with E-state index in [1.807, 2.05) is 42.5 Å². The molecule has 17 heteroatoms. The van der Waals surface area contributed by atoms with Crippen LogP contribution in [0.2, 0.25) is 0 Å². The van der Waals surface area contributed by atoms with Crippen LogP contribution in [0.25, 0.3) is 5.69 Å². The summed E-state index contributed by atoms with van der Waals surface area (Å²) in [4.78, 5) is 42.7. The number of carboxylic acid groups (broad SMARTS) is 1. The van der Waals surface area contributed by atoms with Crippen molar-refractivity contribution >= 4 is 24.5 Å². The Morgan fingerprint density at radius 3 is 2.08 bits per heavy atom. The van der Waals surface area contributed by atoms with Gasteiger partial charge in [0.05, 0.1) is 29.1 Å². The number of carbonyl (C=O) groups is 2. The fourth-order valence-electron chi connectivity index (χ4n) is 5.65. The number of fused-ring (bicyclic) bond motifs is 1. The molecule has 1 atom stereocenters. The number of nitrogens with zero attached hydrogens (tertiary/aromatic N) is 3. The Hall–Kier alpha value is -4.87. The van der Waals surface area contributed by atoms with Crippen molar-refractivity contribution in [2.45, 2.75) is 62.5 Å². The molecule has 1 fully saturated rings. The summed E-state index contributed by atoms with van der Waals surface area (Å²) in [5.41, 5.74) is 2.64. The minimum Gasteiger partial charge on any atom is -0.489 e. The fourth-order valence-corrected chi connectivity index (χ4v) is 6.16. The van der Waals surface area contributed by atoms with E-state index in [1.54, 1.807) is 21.6 Å². The van der Waals surface area contributed by atoms with Gasteiger partial charge in [-0.1, -0.05) is 48.9 Å². The van der Waals surface area contributed by atoms with Crippen molar-refractivity contribution in [3.05, 3.63) is 123 Å². The number of nitrogens with one attached hydrogen (secondary N) is 1. The van der Waals surface area contributed by atoms with Crippen molar-refractivity contribution in [3.8, 4) is 11.4 Å². The van der Waals surface area contributed by atoms with E-state index >= 15 is 0 Å². The van der Waals surface area contributed by atoms with Gasteiger partial charge in [0, 0.05) is 25.4 Å². The number of thiol groups is 1. The fraction of sp³-hybridized carbons (Fsp3) is 0.333. The number of para-hydroxylation sites is 1. The van der Waals surface area contributed by atoms with Crippen LogP contribution in [-0.2, 0) is 35.3 Å². The summed E-state index contributed by atoms with van der Waals surface area (Å²) < 4.78 is 77.4. The third kappa shape index (κ3) is 10.2. The second-order valence-corrected chi connectivity index (χ2v) is 12.7. The average Bonchev–Trinajstić information content (AvgIpc) is 3.07. The molecule has 2 aliphatic rings. The maximum absolute atomic E-state index is 13.9. The molecule has 2 heterocycles. The molecule has 53 heavy (non-hydrogen) atoms. The van der Waals surface area contributed by atoms with E-state index in [2.05, 4.69) is 5.32 Å². The van der Waals surface area contributed by atoms with Gasteiger partial charge in [0.1, 0.15) is 23.6 Å². The third-order valence-electron chi connectivity index (χ3n) is 8.63. The van der Waals surface area contributed by atoms with Crippen LogP contribution in [0, 0.1) is 0 Å². The lowest BCUT2D eigenvalue weighted by Gasteiger charge is -2.35. The number of halogens is 6. The second kappa shape index (κ2) is 17.3. The number of carboxylic acids is 1. The van der Waals surface area contributed by atoms with Gasteiger partial charge in [-0.25, -0.2) is 9.78 Å². The molecular formula is C36H36F6N4O6S. The van der Waals surface area contributed by atoms with Crippen molar-refractivity contribution in [3.63, 3.8) is 0 Å². The molecule has 1 amide bonds. The average molecular weight is 767 g/mol. The van der Waals surface area contributed by atoms with Crippen LogP contribution < -0.4 is 15.6 Å². The topological polar surface area (TPSA) is 145 Å². The number of ether oxygens (including phenoxy) is 1. The van der Waals surface area contributed by atoms with E-state index in [9.17, 15) is 35.9 Å². The van der Waals surface area contributed by atoms with Gasteiger partial charge < -0.3 is 25.5 Å². The third-order valence-corrected chi connectivity index (χ3v) is 9.17. The molecule has 1 aliphatic carbocycles. The van der Waals surface area contributed by atoms with Gasteiger partial charge in [0.2, 0.25) is 5.91 Å². The smallest absolute Gasteiger partial charge is 0.489 e. The molecule has 4 N–H and O–H groups in total. The van der Waals surface area contributed by atoms with E-state index in [0.717, 1.165) is 54.2 Å². The maximum Gasteiger partial charge on any atom is 0.490 e.